The van der Waals surface area contributed by atoms with Gasteiger partial charge < -0.3 is 10.5 Å². The Balaban J connectivity index is 2.68. The second kappa shape index (κ2) is 7.17. The van der Waals surface area contributed by atoms with E-state index in [4.69, 9.17) is 10.5 Å². The Morgan fingerprint density at radius 1 is 1.39 bits per heavy atom. The van der Waals surface area contributed by atoms with Crippen LogP contribution < -0.4 is 10.5 Å². The number of hydrogen-bond acceptors (Lipinski definition) is 3. The number of ether oxygens (including phenoxy) is 1. The third-order valence-electron chi connectivity index (χ3n) is 3.18. The third kappa shape index (κ3) is 4.15. The van der Waals surface area contributed by atoms with Crippen LogP contribution in [0.25, 0.3) is 0 Å². The molecule has 1 aromatic rings. The molecule has 18 heavy (non-hydrogen) atoms. The van der Waals surface area contributed by atoms with Crippen LogP contribution in [0.5, 0.6) is 5.75 Å². The molecule has 0 fully saturated rings. The van der Waals surface area contributed by atoms with Crippen molar-refractivity contribution < 1.29 is 9.53 Å². The van der Waals surface area contributed by atoms with Crippen molar-refractivity contribution in [2.24, 2.45) is 11.7 Å². The molecule has 0 amide bonds. The molecule has 0 radical (unpaired) electrons. The molecule has 1 aromatic carbocycles. The van der Waals surface area contributed by atoms with Gasteiger partial charge in [-0.1, -0.05) is 18.6 Å². The summed E-state index contributed by atoms with van der Waals surface area (Å²) in [6, 6.07) is 5.70. The lowest BCUT2D eigenvalue weighted by atomic mass is 9.96. The maximum Gasteiger partial charge on any atom is 0.166 e. The van der Waals surface area contributed by atoms with Crippen LogP contribution in [0.3, 0.4) is 0 Å². The summed E-state index contributed by atoms with van der Waals surface area (Å²) in [5.41, 5.74) is 7.28. The van der Waals surface area contributed by atoms with Gasteiger partial charge >= 0.3 is 0 Å². The van der Waals surface area contributed by atoms with E-state index in [2.05, 4.69) is 6.92 Å². The fourth-order valence-electron chi connectivity index (χ4n) is 1.98. The van der Waals surface area contributed by atoms with E-state index in [-0.39, 0.29) is 5.78 Å². The van der Waals surface area contributed by atoms with Crippen molar-refractivity contribution >= 4 is 5.78 Å². The SMILES string of the molecule is COc1ccc(C)cc1C(=O)CCC(C)CCN. The molecule has 1 rings (SSSR count). The molecule has 0 aliphatic heterocycles. The molecule has 0 aromatic heterocycles. The standard InChI is InChI=1S/C15H23NO2/c1-11(8-9-16)4-6-14(17)13-10-12(2)5-7-15(13)18-3/h5,7,10-11H,4,6,8-9,16H2,1-3H3. The molecule has 3 heteroatoms. The van der Waals surface area contributed by atoms with Gasteiger partial charge in [-0.25, -0.2) is 0 Å². The van der Waals surface area contributed by atoms with Crippen LogP contribution in [0, 0.1) is 12.8 Å². The molecule has 0 saturated heterocycles. The largest absolute Gasteiger partial charge is 0.496 e. The summed E-state index contributed by atoms with van der Waals surface area (Å²) in [5, 5.41) is 0. The van der Waals surface area contributed by atoms with Gasteiger partial charge in [0, 0.05) is 6.42 Å². The van der Waals surface area contributed by atoms with Gasteiger partial charge in [0.05, 0.1) is 12.7 Å². The average molecular weight is 249 g/mol. The lowest BCUT2D eigenvalue weighted by molar-refractivity contribution is 0.0971. The summed E-state index contributed by atoms with van der Waals surface area (Å²) in [7, 11) is 1.60. The van der Waals surface area contributed by atoms with Gasteiger partial charge in [0.1, 0.15) is 5.75 Å². The number of aryl methyl sites for hydroxylation is 1. The first kappa shape index (κ1) is 14.7. The molecule has 0 aliphatic rings. The Bertz CT molecular complexity index is 401. The minimum atomic E-state index is 0.152. The second-order valence-electron chi connectivity index (χ2n) is 4.85. The summed E-state index contributed by atoms with van der Waals surface area (Å²) in [6.45, 7) is 4.80. The fourth-order valence-corrected chi connectivity index (χ4v) is 1.98. The molecule has 100 valence electrons. The van der Waals surface area contributed by atoms with Gasteiger partial charge in [-0.05, 0) is 44.4 Å². The number of Topliss-reactive ketones (excluding diaryl/α,β-unsaturated/α-hetero) is 1. The molecule has 2 N–H and O–H groups in total. The number of benzene rings is 1. The minimum Gasteiger partial charge on any atom is -0.496 e. The van der Waals surface area contributed by atoms with Crippen molar-refractivity contribution in [3.05, 3.63) is 29.3 Å². The van der Waals surface area contributed by atoms with Crippen molar-refractivity contribution in [1.82, 2.24) is 0 Å². The van der Waals surface area contributed by atoms with Gasteiger partial charge in [0.25, 0.3) is 0 Å². The highest BCUT2D eigenvalue weighted by molar-refractivity contribution is 5.98. The number of nitrogens with two attached hydrogens (primary N) is 1. The maximum absolute atomic E-state index is 12.2. The number of hydrogen-bond donors (Lipinski definition) is 1. The van der Waals surface area contributed by atoms with Gasteiger partial charge in [0.2, 0.25) is 0 Å². The van der Waals surface area contributed by atoms with Crippen LogP contribution in [0.15, 0.2) is 18.2 Å². The molecular formula is C15H23NO2. The van der Waals surface area contributed by atoms with E-state index in [0.717, 1.165) is 18.4 Å². The highest BCUT2D eigenvalue weighted by atomic mass is 16.5. The van der Waals surface area contributed by atoms with E-state index in [1.54, 1.807) is 7.11 Å². The molecule has 3 nitrogen and oxygen atoms in total. The molecular weight excluding hydrogens is 226 g/mol. The average Bonchev–Trinajstić information content (AvgIpc) is 2.36. The van der Waals surface area contributed by atoms with E-state index in [0.29, 0.717) is 30.2 Å². The zero-order valence-electron chi connectivity index (χ0n) is 11.5. The lowest BCUT2D eigenvalue weighted by Crippen LogP contribution is -2.09. The van der Waals surface area contributed by atoms with E-state index in [1.807, 2.05) is 25.1 Å². The lowest BCUT2D eigenvalue weighted by Gasteiger charge is -2.11. The Morgan fingerprint density at radius 2 is 2.11 bits per heavy atom. The zero-order chi connectivity index (χ0) is 13.5. The zero-order valence-corrected chi connectivity index (χ0v) is 11.5. The molecule has 0 saturated carbocycles. The van der Waals surface area contributed by atoms with E-state index in [9.17, 15) is 4.79 Å². The van der Waals surface area contributed by atoms with E-state index in [1.165, 1.54) is 0 Å². The van der Waals surface area contributed by atoms with Gasteiger partial charge in [-0.15, -0.1) is 0 Å². The van der Waals surface area contributed by atoms with Crippen molar-refractivity contribution in [1.29, 1.82) is 0 Å². The maximum atomic E-state index is 12.2. The topological polar surface area (TPSA) is 52.3 Å². The van der Waals surface area contributed by atoms with E-state index >= 15 is 0 Å². The Kier molecular flexibility index (Phi) is 5.86. The van der Waals surface area contributed by atoms with Crippen LogP contribution in [0.1, 0.15) is 42.1 Å². The molecule has 1 atom stereocenters. The van der Waals surface area contributed by atoms with Crippen molar-refractivity contribution in [3.8, 4) is 5.75 Å². The number of rotatable bonds is 7. The number of carbonyl (C=O) groups excluding carboxylic acids is 1. The quantitative estimate of drug-likeness (QED) is 0.756. The first-order chi connectivity index (χ1) is 8.58. The number of ketones is 1. The Labute approximate surface area is 109 Å². The van der Waals surface area contributed by atoms with Crippen molar-refractivity contribution in [2.45, 2.75) is 33.1 Å². The normalized spacial score (nSPS) is 12.2. The van der Waals surface area contributed by atoms with Crippen LogP contribution in [-0.2, 0) is 0 Å². The van der Waals surface area contributed by atoms with E-state index < -0.39 is 0 Å². The molecule has 0 heterocycles. The van der Waals surface area contributed by atoms with Gasteiger partial charge in [-0.2, -0.15) is 0 Å². The molecule has 0 aliphatic carbocycles. The Hall–Kier alpha value is -1.35. The summed E-state index contributed by atoms with van der Waals surface area (Å²) < 4.78 is 5.23. The minimum absolute atomic E-state index is 0.152. The first-order valence-electron chi connectivity index (χ1n) is 6.46. The first-order valence-corrected chi connectivity index (χ1v) is 6.46. The van der Waals surface area contributed by atoms with Crippen LogP contribution in [-0.4, -0.2) is 19.4 Å². The number of carbonyl (C=O) groups is 1. The van der Waals surface area contributed by atoms with Crippen molar-refractivity contribution in [3.63, 3.8) is 0 Å². The predicted molar refractivity (Wildman–Crippen MR) is 74.1 cm³/mol. The van der Waals surface area contributed by atoms with Crippen LogP contribution in [0.2, 0.25) is 0 Å². The fraction of sp³-hybridized carbons (Fsp3) is 0.533. The van der Waals surface area contributed by atoms with Crippen molar-refractivity contribution in [2.75, 3.05) is 13.7 Å². The summed E-state index contributed by atoms with van der Waals surface area (Å²) in [4.78, 5) is 12.2. The van der Waals surface area contributed by atoms with Gasteiger partial charge in [0.15, 0.2) is 5.78 Å². The molecule has 0 spiro atoms. The summed E-state index contributed by atoms with van der Waals surface area (Å²) in [6.07, 6.45) is 2.41. The van der Waals surface area contributed by atoms with Crippen LogP contribution >= 0.6 is 0 Å². The highest BCUT2D eigenvalue weighted by Gasteiger charge is 2.13. The second-order valence-corrected chi connectivity index (χ2v) is 4.85. The molecule has 1 unspecified atom stereocenters. The summed E-state index contributed by atoms with van der Waals surface area (Å²) >= 11 is 0. The third-order valence-corrected chi connectivity index (χ3v) is 3.18. The van der Waals surface area contributed by atoms with Crippen LogP contribution in [0.4, 0.5) is 0 Å². The smallest absolute Gasteiger partial charge is 0.166 e. The highest BCUT2D eigenvalue weighted by Crippen LogP contribution is 2.22. The Morgan fingerprint density at radius 3 is 2.72 bits per heavy atom. The monoisotopic (exact) mass is 249 g/mol. The summed E-state index contributed by atoms with van der Waals surface area (Å²) in [5.74, 6) is 1.31. The predicted octanol–water partition coefficient (Wildman–Crippen LogP) is 2.95. The molecule has 0 bridgehead atoms. The van der Waals surface area contributed by atoms with Gasteiger partial charge in [-0.3, -0.25) is 4.79 Å². The number of methoxy groups -OCH3 is 1.